The van der Waals surface area contributed by atoms with Crippen LogP contribution in [0.2, 0.25) is 0 Å². The molecule has 4 nitrogen and oxygen atoms in total. The standard InChI is InChI=1S/C21H36O4S.Na/c1-5-7-9-11-14-18-16-13-17-19(15-12-10-8-6-2)20(18)25-21(3,4)26(22,23)24;/h13,16-17H,5-12,14-15H2,1-4H3,(H,22,23,24);/q;+1/p-1. The van der Waals surface area contributed by atoms with E-state index >= 15 is 0 Å². The van der Waals surface area contributed by atoms with Gasteiger partial charge in [0, 0.05) is 0 Å². The first-order valence-electron chi connectivity index (χ1n) is 9.98. The van der Waals surface area contributed by atoms with Gasteiger partial charge in [-0.1, -0.05) is 70.6 Å². The SMILES string of the molecule is CCCCCCc1cccc(CCCCCC)c1OC(C)(C)S(=O)(=O)[O-].[Na+]. The maximum atomic E-state index is 11.6. The monoisotopic (exact) mass is 406 g/mol. The van der Waals surface area contributed by atoms with Crippen molar-refractivity contribution in [3.8, 4) is 5.75 Å². The largest absolute Gasteiger partial charge is 1.00 e. The Bertz CT molecular complexity index is 611. The molecule has 0 unspecified atom stereocenters. The predicted molar refractivity (Wildman–Crippen MR) is 107 cm³/mol. The summed E-state index contributed by atoms with van der Waals surface area (Å²) in [6.07, 6.45) is 10.7. The number of para-hydroxylation sites is 1. The van der Waals surface area contributed by atoms with Crippen molar-refractivity contribution in [1.29, 1.82) is 0 Å². The summed E-state index contributed by atoms with van der Waals surface area (Å²) < 4.78 is 40.6. The molecular formula is C21H35NaO4S. The fourth-order valence-corrected chi connectivity index (χ4v) is 3.13. The van der Waals surface area contributed by atoms with Crippen LogP contribution >= 0.6 is 0 Å². The third kappa shape index (κ3) is 9.31. The zero-order valence-corrected chi connectivity index (χ0v) is 20.7. The predicted octanol–water partition coefficient (Wildman–Crippen LogP) is 2.60. The summed E-state index contributed by atoms with van der Waals surface area (Å²) >= 11 is 0. The van der Waals surface area contributed by atoms with E-state index in [9.17, 15) is 13.0 Å². The van der Waals surface area contributed by atoms with E-state index in [1.807, 2.05) is 18.2 Å². The van der Waals surface area contributed by atoms with Crippen molar-refractivity contribution in [2.75, 3.05) is 0 Å². The molecule has 0 N–H and O–H groups in total. The molecule has 0 aliphatic heterocycles. The Balaban J connectivity index is 0.00000676. The molecule has 0 saturated carbocycles. The Labute approximate surface area is 188 Å². The smallest absolute Gasteiger partial charge is 0.745 e. The number of benzene rings is 1. The number of aryl methyl sites for hydroxylation is 2. The second kappa shape index (κ2) is 13.2. The minimum absolute atomic E-state index is 0. The summed E-state index contributed by atoms with van der Waals surface area (Å²) in [6, 6.07) is 5.99. The summed E-state index contributed by atoms with van der Waals surface area (Å²) in [6.45, 7) is 7.02. The van der Waals surface area contributed by atoms with E-state index in [1.54, 1.807) is 0 Å². The Morgan fingerprint density at radius 1 is 0.889 bits per heavy atom. The molecule has 0 aliphatic rings. The summed E-state index contributed by atoms with van der Waals surface area (Å²) in [5, 5.41) is 0. The topological polar surface area (TPSA) is 66.4 Å². The molecule has 1 aromatic rings. The average Bonchev–Trinajstić information content (AvgIpc) is 2.56. The van der Waals surface area contributed by atoms with Crippen LogP contribution < -0.4 is 34.3 Å². The van der Waals surface area contributed by atoms with E-state index in [0.717, 1.165) is 49.7 Å². The molecule has 0 amide bonds. The van der Waals surface area contributed by atoms with Crippen molar-refractivity contribution >= 4 is 10.1 Å². The van der Waals surface area contributed by atoms with Gasteiger partial charge in [-0.2, -0.15) is 0 Å². The van der Waals surface area contributed by atoms with Gasteiger partial charge in [-0.15, -0.1) is 0 Å². The molecule has 0 aromatic heterocycles. The first-order chi connectivity index (χ1) is 12.2. The van der Waals surface area contributed by atoms with Crippen LogP contribution in [0.3, 0.4) is 0 Å². The molecule has 0 radical (unpaired) electrons. The summed E-state index contributed by atoms with van der Waals surface area (Å²) in [7, 11) is -4.56. The molecule has 0 spiro atoms. The van der Waals surface area contributed by atoms with Crippen LogP contribution in [0.5, 0.6) is 5.75 Å². The second-order valence-corrected chi connectivity index (χ2v) is 9.37. The van der Waals surface area contributed by atoms with Gasteiger partial charge in [0.1, 0.15) is 15.9 Å². The normalized spacial score (nSPS) is 11.9. The van der Waals surface area contributed by atoms with Crippen LogP contribution in [-0.2, 0) is 23.0 Å². The fourth-order valence-electron chi connectivity index (χ4n) is 2.94. The maximum absolute atomic E-state index is 11.6. The zero-order valence-electron chi connectivity index (χ0n) is 17.8. The molecule has 0 heterocycles. The maximum Gasteiger partial charge on any atom is 1.00 e. The van der Waals surface area contributed by atoms with Gasteiger partial charge >= 0.3 is 29.6 Å². The number of rotatable bonds is 13. The summed E-state index contributed by atoms with van der Waals surface area (Å²) in [5.41, 5.74) is 2.01. The van der Waals surface area contributed by atoms with Crippen molar-refractivity contribution in [1.82, 2.24) is 0 Å². The quantitative estimate of drug-likeness (QED) is 0.287. The zero-order chi connectivity index (χ0) is 19.6. The van der Waals surface area contributed by atoms with Crippen LogP contribution in [0.15, 0.2) is 18.2 Å². The van der Waals surface area contributed by atoms with Gasteiger partial charge in [0.05, 0.1) is 0 Å². The first kappa shape index (κ1) is 26.9. The Morgan fingerprint density at radius 3 is 1.70 bits per heavy atom. The molecule has 27 heavy (non-hydrogen) atoms. The molecule has 0 aliphatic carbocycles. The van der Waals surface area contributed by atoms with E-state index in [4.69, 9.17) is 4.74 Å². The van der Waals surface area contributed by atoms with Gasteiger partial charge in [-0.3, -0.25) is 0 Å². The van der Waals surface area contributed by atoms with Gasteiger partial charge in [-0.25, -0.2) is 8.42 Å². The van der Waals surface area contributed by atoms with Crippen LogP contribution in [0.25, 0.3) is 0 Å². The molecule has 0 fully saturated rings. The van der Waals surface area contributed by atoms with Crippen molar-refractivity contribution in [3.63, 3.8) is 0 Å². The third-order valence-electron chi connectivity index (χ3n) is 4.73. The minimum Gasteiger partial charge on any atom is -0.745 e. The molecule has 150 valence electrons. The Kier molecular flexibility index (Phi) is 13.2. The Morgan fingerprint density at radius 2 is 1.33 bits per heavy atom. The number of hydrogen-bond acceptors (Lipinski definition) is 4. The Hall–Kier alpha value is -0.0700. The van der Waals surface area contributed by atoms with Gasteiger partial charge < -0.3 is 9.29 Å². The van der Waals surface area contributed by atoms with E-state index in [-0.39, 0.29) is 29.6 Å². The molecule has 1 rings (SSSR count). The average molecular weight is 407 g/mol. The van der Waals surface area contributed by atoms with Crippen molar-refractivity contribution in [3.05, 3.63) is 29.3 Å². The van der Waals surface area contributed by atoms with E-state index in [0.29, 0.717) is 5.75 Å². The van der Waals surface area contributed by atoms with Crippen LogP contribution in [-0.4, -0.2) is 17.9 Å². The van der Waals surface area contributed by atoms with Gasteiger partial charge in [0.15, 0.2) is 4.93 Å². The van der Waals surface area contributed by atoms with Crippen LogP contribution in [0.1, 0.15) is 90.2 Å². The minimum atomic E-state index is -4.56. The number of hydrogen-bond donors (Lipinski definition) is 0. The van der Waals surface area contributed by atoms with Crippen LogP contribution in [0.4, 0.5) is 0 Å². The number of unbranched alkanes of at least 4 members (excludes halogenated alkanes) is 6. The van der Waals surface area contributed by atoms with E-state index < -0.39 is 15.1 Å². The fraction of sp³-hybridized carbons (Fsp3) is 0.714. The number of ether oxygens (including phenoxy) is 1. The van der Waals surface area contributed by atoms with E-state index in [2.05, 4.69) is 13.8 Å². The molecule has 0 bridgehead atoms. The van der Waals surface area contributed by atoms with Crippen molar-refractivity contribution < 1.29 is 47.3 Å². The molecular weight excluding hydrogens is 371 g/mol. The van der Waals surface area contributed by atoms with Crippen molar-refractivity contribution in [2.24, 2.45) is 0 Å². The van der Waals surface area contributed by atoms with Gasteiger partial charge in [-0.05, 0) is 50.7 Å². The van der Waals surface area contributed by atoms with Crippen LogP contribution in [0, 0.1) is 0 Å². The molecule has 0 atom stereocenters. The van der Waals surface area contributed by atoms with Gasteiger partial charge in [0.25, 0.3) is 0 Å². The molecule has 0 saturated heterocycles. The van der Waals surface area contributed by atoms with E-state index in [1.165, 1.54) is 39.5 Å². The first-order valence-corrected chi connectivity index (χ1v) is 11.4. The second-order valence-electron chi connectivity index (χ2n) is 7.48. The third-order valence-corrected chi connectivity index (χ3v) is 6.01. The summed E-state index contributed by atoms with van der Waals surface area (Å²) in [5.74, 6) is 0.602. The van der Waals surface area contributed by atoms with Crippen molar-refractivity contribution in [2.45, 2.75) is 96.8 Å². The molecule has 1 aromatic carbocycles. The molecule has 6 heteroatoms. The van der Waals surface area contributed by atoms with Gasteiger partial charge in [0.2, 0.25) is 0 Å². The summed E-state index contributed by atoms with van der Waals surface area (Å²) in [4.78, 5) is -1.77.